The molecule has 0 atom stereocenters. The minimum absolute atomic E-state index is 0.0311. The van der Waals surface area contributed by atoms with Gasteiger partial charge in [-0.2, -0.15) is 4.31 Å². The van der Waals surface area contributed by atoms with Crippen LogP contribution in [0.3, 0.4) is 0 Å². The van der Waals surface area contributed by atoms with Crippen molar-refractivity contribution in [3.63, 3.8) is 0 Å². The van der Waals surface area contributed by atoms with Crippen molar-refractivity contribution in [1.82, 2.24) is 4.31 Å². The predicted octanol–water partition coefficient (Wildman–Crippen LogP) is 4.49. The molecule has 2 aromatic carbocycles. The van der Waals surface area contributed by atoms with Gasteiger partial charge >= 0.3 is 0 Å². The second-order valence-electron chi connectivity index (χ2n) is 8.51. The van der Waals surface area contributed by atoms with Gasteiger partial charge < -0.3 is 10.2 Å². The van der Waals surface area contributed by atoms with Gasteiger partial charge in [-0.25, -0.2) is 8.42 Å². The number of nitrogens with zero attached hydrogens (tertiary/aromatic N) is 2. The van der Waals surface area contributed by atoms with Gasteiger partial charge in [0.05, 0.1) is 16.3 Å². The van der Waals surface area contributed by atoms with Gasteiger partial charge in [0, 0.05) is 31.7 Å². The van der Waals surface area contributed by atoms with Gasteiger partial charge in [-0.3, -0.25) is 4.79 Å². The molecule has 1 heterocycles. The maximum Gasteiger partial charge on any atom is 0.255 e. The lowest BCUT2D eigenvalue weighted by atomic mass is 9.96. The number of hydrogen-bond acceptors (Lipinski definition) is 4. The largest absolute Gasteiger partial charge is 0.370 e. The van der Waals surface area contributed by atoms with Crippen molar-refractivity contribution in [1.29, 1.82) is 0 Å². The Kier molecular flexibility index (Phi) is 6.62. The summed E-state index contributed by atoms with van der Waals surface area (Å²) in [5.41, 5.74) is 2.10. The fourth-order valence-electron chi connectivity index (χ4n) is 4.61. The summed E-state index contributed by atoms with van der Waals surface area (Å²) in [6.07, 6.45) is 7.37. The molecule has 0 spiro atoms. The molecule has 2 fully saturated rings. The van der Waals surface area contributed by atoms with Crippen LogP contribution in [-0.2, 0) is 10.0 Å². The van der Waals surface area contributed by atoms with Crippen LogP contribution in [0.1, 0.15) is 55.3 Å². The highest BCUT2D eigenvalue weighted by atomic mass is 32.2. The molecule has 0 unspecified atom stereocenters. The van der Waals surface area contributed by atoms with E-state index in [1.807, 2.05) is 24.3 Å². The first-order valence-corrected chi connectivity index (χ1v) is 12.6. The monoisotopic (exact) mass is 441 g/mol. The van der Waals surface area contributed by atoms with E-state index < -0.39 is 10.0 Å². The Morgan fingerprint density at radius 3 is 2.42 bits per heavy atom. The average Bonchev–Trinajstić information content (AvgIpc) is 3.34. The van der Waals surface area contributed by atoms with Crippen molar-refractivity contribution in [3.8, 4) is 0 Å². The Balaban J connectivity index is 1.54. The summed E-state index contributed by atoms with van der Waals surface area (Å²) in [7, 11) is -1.99. The van der Waals surface area contributed by atoms with E-state index in [0.717, 1.165) is 63.0 Å². The Bertz CT molecular complexity index is 1030. The molecule has 1 saturated heterocycles. The summed E-state index contributed by atoms with van der Waals surface area (Å²) in [5, 5.41) is 2.99. The number of sulfonamides is 1. The quantitative estimate of drug-likeness (QED) is 0.717. The van der Waals surface area contributed by atoms with Gasteiger partial charge in [0.2, 0.25) is 10.0 Å². The molecule has 1 aliphatic heterocycles. The van der Waals surface area contributed by atoms with Crippen molar-refractivity contribution >= 4 is 27.3 Å². The number of para-hydroxylation sites is 2. The third kappa shape index (κ3) is 4.77. The molecule has 0 aromatic heterocycles. The summed E-state index contributed by atoms with van der Waals surface area (Å²) >= 11 is 0. The minimum Gasteiger partial charge on any atom is -0.370 e. The van der Waals surface area contributed by atoms with Gasteiger partial charge in [0.15, 0.2) is 0 Å². The maximum atomic E-state index is 13.2. The van der Waals surface area contributed by atoms with Crippen LogP contribution >= 0.6 is 0 Å². The van der Waals surface area contributed by atoms with Crippen LogP contribution in [0, 0.1) is 0 Å². The smallest absolute Gasteiger partial charge is 0.255 e. The number of amides is 1. The Labute approximate surface area is 185 Å². The second-order valence-corrected chi connectivity index (χ2v) is 10.5. The number of benzene rings is 2. The highest BCUT2D eigenvalue weighted by Crippen LogP contribution is 2.30. The lowest BCUT2D eigenvalue weighted by molar-refractivity contribution is 0.102. The van der Waals surface area contributed by atoms with Crippen LogP contribution in [0.4, 0.5) is 11.4 Å². The summed E-state index contributed by atoms with van der Waals surface area (Å²) in [4.78, 5) is 15.4. The van der Waals surface area contributed by atoms with E-state index in [1.54, 1.807) is 25.2 Å². The number of carbonyl (C=O) groups excluding carboxylic acids is 1. The maximum absolute atomic E-state index is 13.2. The van der Waals surface area contributed by atoms with E-state index in [1.165, 1.54) is 16.8 Å². The molecule has 1 N–H and O–H groups in total. The van der Waals surface area contributed by atoms with Gasteiger partial charge in [0.1, 0.15) is 0 Å². The van der Waals surface area contributed by atoms with Crippen molar-refractivity contribution < 1.29 is 13.2 Å². The van der Waals surface area contributed by atoms with Crippen molar-refractivity contribution in [2.75, 3.05) is 30.4 Å². The molecular formula is C24H31N3O3S. The average molecular weight is 442 g/mol. The first-order valence-electron chi connectivity index (χ1n) is 11.2. The van der Waals surface area contributed by atoms with Gasteiger partial charge in [-0.1, -0.05) is 37.5 Å². The zero-order valence-electron chi connectivity index (χ0n) is 18.1. The normalized spacial score (nSPS) is 17.8. The van der Waals surface area contributed by atoms with Crippen LogP contribution in [0.5, 0.6) is 0 Å². The number of hydrogen-bond donors (Lipinski definition) is 1. The first kappa shape index (κ1) is 21.8. The first-order chi connectivity index (χ1) is 15.0. The van der Waals surface area contributed by atoms with Gasteiger partial charge in [0.25, 0.3) is 5.91 Å². The fraction of sp³-hybridized carbons (Fsp3) is 0.458. The molecule has 1 amide bonds. The van der Waals surface area contributed by atoms with Gasteiger partial charge in [-0.05, 0) is 56.0 Å². The molecule has 4 rings (SSSR count). The van der Waals surface area contributed by atoms with Crippen molar-refractivity contribution in [2.45, 2.75) is 55.9 Å². The molecule has 0 bridgehead atoms. The van der Waals surface area contributed by atoms with Gasteiger partial charge in [-0.15, -0.1) is 0 Å². The highest BCUT2D eigenvalue weighted by Gasteiger charge is 2.29. The van der Waals surface area contributed by atoms with Crippen molar-refractivity contribution in [2.24, 2.45) is 0 Å². The zero-order chi connectivity index (χ0) is 21.8. The van der Waals surface area contributed by atoms with Crippen LogP contribution in [0.25, 0.3) is 0 Å². The minimum atomic E-state index is -3.64. The van der Waals surface area contributed by atoms with E-state index in [2.05, 4.69) is 10.2 Å². The van der Waals surface area contributed by atoms with Crippen LogP contribution in [-0.4, -0.2) is 44.8 Å². The van der Waals surface area contributed by atoms with Crippen LogP contribution in [0.2, 0.25) is 0 Å². The number of nitrogens with one attached hydrogen (secondary N) is 1. The third-order valence-corrected chi connectivity index (χ3v) is 8.37. The number of carbonyl (C=O) groups is 1. The lowest BCUT2D eigenvalue weighted by Crippen LogP contribution is -2.38. The van der Waals surface area contributed by atoms with E-state index in [-0.39, 0.29) is 16.8 Å². The zero-order valence-corrected chi connectivity index (χ0v) is 18.9. The SMILES string of the molecule is CN(C1CCCCC1)S(=O)(=O)c1cccc(C(=O)Nc2ccccc2N2CCCC2)c1. The van der Waals surface area contributed by atoms with Crippen LogP contribution in [0.15, 0.2) is 53.4 Å². The molecule has 1 aliphatic carbocycles. The van der Waals surface area contributed by atoms with Crippen molar-refractivity contribution in [3.05, 3.63) is 54.1 Å². The van der Waals surface area contributed by atoms with E-state index in [0.29, 0.717) is 5.56 Å². The highest BCUT2D eigenvalue weighted by molar-refractivity contribution is 7.89. The third-order valence-electron chi connectivity index (χ3n) is 6.46. The topological polar surface area (TPSA) is 69.7 Å². The summed E-state index contributed by atoms with van der Waals surface area (Å²) in [5.74, 6) is -0.302. The number of anilines is 2. The predicted molar refractivity (Wildman–Crippen MR) is 124 cm³/mol. The van der Waals surface area contributed by atoms with E-state index >= 15 is 0 Å². The fourth-order valence-corrected chi connectivity index (χ4v) is 6.07. The summed E-state index contributed by atoms with van der Waals surface area (Å²) in [6.45, 7) is 1.96. The lowest BCUT2D eigenvalue weighted by Gasteiger charge is -2.30. The molecule has 31 heavy (non-hydrogen) atoms. The molecule has 1 saturated carbocycles. The van der Waals surface area contributed by atoms with E-state index in [9.17, 15) is 13.2 Å². The molecule has 2 aliphatic rings. The molecule has 166 valence electrons. The molecule has 0 radical (unpaired) electrons. The standard InChI is InChI=1S/C24H31N3O3S/c1-26(20-11-3-2-4-12-20)31(29,30)21-13-9-10-19(18-21)24(28)25-22-14-5-6-15-23(22)27-16-7-8-17-27/h5-6,9-10,13-15,18,20H,2-4,7-8,11-12,16-17H2,1H3,(H,25,28). The van der Waals surface area contributed by atoms with Crippen LogP contribution < -0.4 is 10.2 Å². The van der Waals surface area contributed by atoms with E-state index in [4.69, 9.17) is 0 Å². The summed E-state index contributed by atoms with van der Waals surface area (Å²) < 4.78 is 27.9. The molecular weight excluding hydrogens is 410 g/mol. The number of rotatable bonds is 6. The second kappa shape index (κ2) is 9.40. The molecule has 6 nitrogen and oxygen atoms in total. The Hall–Kier alpha value is -2.38. The molecule has 7 heteroatoms. The summed E-state index contributed by atoms with van der Waals surface area (Å²) in [6, 6.07) is 14.2. The molecule has 2 aromatic rings. The Morgan fingerprint density at radius 2 is 1.68 bits per heavy atom. The Morgan fingerprint density at radius 1 is 0.968 bits per heavy atom.